The quantitative estimate of drug-likeness (QED) is 0.539. The number of nitrogens with zero attached hydrogens (tertiary/aromatic N) is 1. The molecule has 0 aliphatic heterocycles. The first kappa shape index (κ1) is 8.51. The van der Waals surface area contributed by atoms with E-state index in [9.17, 15) is 14.4 Å². The van der Waals surface area contributed by atoms with E-state index in [0.29, 0.717) is 11.1 Å². The minimum Gasteiger partial charge on any atom is -0.480 e. The molecule has 0 bridgehead atoms. The summed E-state index contributed by atoms with van der Waals surface area (Å²) in [5.41, 5.74) is 0.903. The number of carboxylic acid groups (broad SMARTS) is 1. The topological polar surface area (TPSA) is 88.4 Å². The summed E-state index contributed by atoms with van der Waals surface area (Å²) < 4.78 is 0.697. The number of aliphatic carboxylic acids is 1. The van der Waals surface area contributed by atoms with E-state index in [-0.39, 0.29) is 0 Å². The molecule has 2 N–H and O–H groups in total. The van der Waals surface area contributed by atoms with Gasteiger partial charge < -0.3 is 10.5 Å². The summed E-state index contributed by atoms with van der Waals surface area (Å²) in [5.74, 6) is -1.08. The molecular weight excluding hydrogens is 164 g/mol. The third-order valence-corrected chi connectivity index (χ3v) is 1.53. The zero-order valence-corrected chi connectivity index (χ0v) is 6.40. The first-order valence-electron chi connectivity index (χ1n) is 3.45. The van der Waals surface area contributed by atoms with Crippen molar-refractivity contribution in [3.8, 4) is 0 Å². The van der Waals surface area contributed by atoms with Crippen LogP contribution < -0.4 is 16.5 Å². The molecule has 0 saturated heterocycles. The lowest BCUT2D eigenvalue weighted by Gasteiger charge is -2.08. The Morgan fingerprint density at radius 3 is 2.33 bits per heavy atom. The summed E-state index contributed by atoms with van der Waals surface area (Å²) in [5, 5.41) is 8.51. The molecule has 0 radical (unpaired) electrons. The van der Waals surface area contributed by atoms with Crippen molar-refractivity contribution >= 4 is 5.97 Å². The van der Waals surface area contributed by atoms with Gasteiger partial charge in [0, 0.05) is 0 Å². The van der Waals surface area contributed by atoms with Crippen LogP contribution in [0.15, 0.2) is 9.59 Å². The number of nitrogens with one attached hydrogen (secondary N) is 1. The predicted octanol–water partition coefficient (Wildman–Crippen LogP) is -1.51. The molecule has 6 nitrogen and oxygen atoms in total. The van der Waals surface area contributed by atoms with Gasteiger partial charge in [-0.05, 0) is 6.42 Å². The van der Waals surface area contributed by atoms with E-state index in [2.05, 4.69) is 5.43 Å². The summed E-state index contributed by atoms with van der Waals surface area (Å²) in [6.45, 7) is 1.64. The second-order valence-electron chi connectivity index (χ2n) is 2.37. The fourth-order valence-corrected chi connectivity index (χ4v) is 0.729. The van der Waals surface area contributed by atoms with Crippen molar-refractivity contribution in [2.24, 2.45) is 0 Å². The van der Waals surface area contributed by atoms with Gasteiger partial charge in [0.25, 0.3) is 0 Å². The zero-order chi connectivity index (χ0) is 9.30. The predicted molar refractivity (Wildman–Crippen MR) is 40.4 cm³/mol. The van der Waals surface area contributed by atoms with Crippen molar-refractivity contribution in [3.63, 3.8) is 0 Å². The third-order valence-electron chi connectivity index (χ3n) is 1.53. The Bertz CT molecular complexity index is 335. The van der Waals surface area contributed by atoms with Gasteiger partial charge in [-0.15, -0.1) is 0 Å². The van der Waals surface area contributed by atoms with Crippen LogP contribution in [0.5, 0.6) is 0 Å². The highest BCUT2D eigenvalue weighted by molar-refractivity contribution is 5.74. The van der Waals surface area contributed by atoms with Gasteiger partial charge in [-0.1, -0.05) is 6.92 Å². The van der Waals surface area contributed by atoms with Crippen LogP contribution in [0, 0.1) is 0 Å². The average molecular weight is 172 g/mol. The van der Waals surface area contributed by atoms with Crippen molar-refractivity contribution < 1.29 is 9.90 Å². The van der Waals surface area contributed by atoms with Crippen LogP contribution in [0.1, 0.15) is 13.3 Å². The second kappa shape index (κ2) is 2.80. The largest absolute Gasteiger partial charge is 0.480 e. The fourth-order valence-electron chi connectivity index (χ4n) is 0.729. The van der Waals surface area contributed by atoms with Crippen molar-refractivity contribution in [3.05, 3.63) is 20.7 Å². The van der Waals surface area contributed by atoms with E-state index < -0.39 is 23.1 Å². The van der Waals surface area contributed by atoms with E-state index in [1.54, 1.807) is 6.92 Å². The van der Waals surface area contributed by atoms with Gasteiger partial charge in [0.1, 0.15) is 6.04 Å². The Morgan fingerprint density at radius 1 is 1.58 bits per heavy atom. The minimum atomic E-state index is -1.08. The van der Waals surface area contributed by atoms with Gasteiger partial charge in [-0.3, -0.25) is 9.59 Å². The highest BCUT2D eigenvalue weighted by atomic mass is 16.4. The van der Waals surface area contributed by atoms with Crippen LogP contribution >= 0.6 is 0 Å². The summed E-state index contributed by atoms with van der Waals surface area (Å²) in [4.78, 5) is 31.2. The molecule has 0 fully saturated rings. The number of carboxylic acids is 1. The van der Waals surface area contributed by atoms with Gasteiger partial charge in [-0.2, -0.15) is 4.68 Å². The van der Waals surface area contributed by atoms with E-state index in [4.69, 9.17) is 5.11 Å². The summed E-state index contributed by atoms with van der Waals surface area (Å²) >= 11 is 0. The summed E-state index contributed by atoms with van der Waals surface area (Å²) in [6.07, 6.45) is 0.312. The number of aromatic nitrogens is 1. The van der Waals surface area contributed by atoms with Crippen molar-refractivity contribution in [1.82, 2.24) is 4.68 Å². The van der Waals surface area contributed by atoms with Crippen LogP contribution in [0.3, 0.4) is 0 Å². The summed E-state index contributed by atoms with van der Waals surface area (Å²) in [7, 11) is 0. The normalized spacial score (nSPS) is 13.1. The molecule has 0 amide bonds. The molecular formula is C6H8N2O4. The van der Waals surface area contributed by atoms with Crippen LogP contribution in [0.25, 0.3) is 0 Å². The Hall–Kier alpha value is -1.59. The molecule has 1 atom stereocenters. The Balaban J connectivity index is 2.62. The maximum absolute atomic E-state index is 10.4. The highest BCUT2D eigenvalue weighted by Gasteiger charge is 2.22. The van der Waals surface area contributed by atoms with Gasteiger partial charge in [0.05, 0.1) is 0 Å². The van der Waals surface area contributed by atoms with Gasteiger partial charge in [0.2, 0.25) is 0 Å². The third kappa shape index (κ3) is 1.36. The molecule has 66 valence electrons. The number of carbonyl (C=O) groups is 1. The number of hydrogen-bond acceptors (Lipinski definition) is 4. The molecule has 0 saturated carbocycles. The van der Waals surface area contributed by atoms with E-state index in [1.165, 1.54) is 0 Å². The van der Waals surface area contributed by atoms with Gasteiger partial charge in [-0.25, -0.2) is 4.79 Å². The highest BCUT2D eigenvalue weighted by Crippen LogP contribution is 1.91. The van der Waals surface area contributed by atoms with Crippen LogP contribution in [-0.2, 0) is 4.79 Å². The Morgan fingerprint density at radius 2 is 2.08 bits per heavy atom. The van der Waals surface area contributed by atoms with E-state index in [0.717, 1.165) is 0 Å². The van der Waals surface area contributed by atoms with E-state index >= 15 is 0 Å². The molecule has 0 aliphatic carbocycles. The smallest absolute Gasteiger partial charge is 0.340 e. The number of hydrogen-bond donors (Lipinski definition) is 2. The van der Waals surface area contributed by atoms with Gasteiger partial charge >= 0.3 is 17.1 Å². The lowest BCUT2D eigenvalue weighted by atomic mass is 10.2. The van der Waals surface area contributed by atoms with Gasteiger partial charge in [0.15, 0.2) is 0 Å². The lowest BCUT2D eigenvalue weighted by Crippen LogP contribution is -2.34. The molecule has 0 aliphatic rings. The van der Waals surface area contributed by atoms with Crippen molar-refractivity contribution in [2.75, 3.05) is 5.43 Å². The fraction of sp³-hybridized carbons (Fsp3) is 0.500. The van der Waals surface area contributed by atoms with Crippen LogP contribution in [0.4, 0.5) is 0 Å². The molecule has 6 heteroatoms. The lowest BCUT2D eigenvalue weighted by molar-refractivity contribution is -0.138. The molecule has 1 rings (SSSR count). The maximum Gasteiger partial charge on any atom is 0.340 e. The minimum absolute atomic E-state index is 0.312. The van der Waals surface area contributed by atoms with Crippen molar-refractivity contribution in [1.29, 1.82) is 0 Å². The Kier molecular flexibility index (Phi) is 1.99. The first-order chi connectivity index (χ1) is 5.57. The molecule has 12 heavy (non-hydrogen) atoms. The molecule has 1 heterocycles. The SMILES string of the molecule is CCC(Nn1c(=O)c1=O)C(=O)O. The second-order valence-corrected chi connectivity index (χ2v) is 2.37. The molecule has 1 aromatic heterocycles. The molecule has 0 aromatic carbocycles. The molecule has 1 unspecified atom stereocenters. The molecule has 1 aromatic rings. The average Bonchev–Trinajstić information content (AvgIpc) is 2.56. The van der Waals surface area contributed by atoms with Crippen LogP contribution in [-0.4, -0.2) is 21.8 Å². The van der Waals surface area contributed by atoms with Crippen molar-refractivity contribution in [2.45, 2.75) is 19.4 Å². The van der Waals surface area contributed by atoms with Crippen LogP contribution in [0.2, 0.25) is 0 Å². The standard InChI is InChI=1S/C6H8N2O4/c1-2-3(6(11)12)7-8-4(9)5(8)10/h3,7H,2H2,1H3,(H,11,12). The zero-order valence-electron chi connectivity index (χ0n) is 6.40. The summed E-state index contributed by atoms with van der Waals surface area (Å²) in [6, 6.07) is -0.875. The van der Waals surface area contributed by atoms with E-state index in [1.807, 2.05) is 0 Å². The monoisotopic (exact) mass is 172 g/mol. The maximum atomic E-state index is 10.4. The first-order valence-corrected chi connectivity index (χ1v) is 3.45. The Labute approximate surface area is 67.1 Å². The number of rotatable bonds is 4. The molecule has 0 spiro atoms.